The highest BCUT2D eigenvalue weighted by atomic mass is 35.5. The maximum absolute atomic E-state index is 15.8. The van der Waals surface area contributed by atoms with E-state index in [1.807, 2.05) is 25.7 Å². The highest BCUT2D eigenvalue weighted by molar-refractivity contribution is 6.30. The van der Waals surface area contributed by atoms with Crippen molar-refractivity contribution in [3.05, 3.63) is 11.0 Å². The first kappa shape index (κ1) is 33.6. The van der Waals surface area contributed by atoms with Gasteiger partial charge in [0, 0.05) is 26.1 Å². The number of anilines is 1. The number of alkyl halides is 1. The number of ether oxygens (including phenoxy) is 4. The Morgan fingerprint density at radius 1 is 1.04 bits per heavy atom. The van der Waals surface area contributed by atoms with E-state index in [0.29, 0.717) is 31.9 Å². The zero-order chi connectivity index (χ0) is 33.9. The van der Waals surface area contributed by atoms with Crippen LogP contribution in [0.2, 0.25) is 5.15 Å². The van der Waals surface area contributed by atoms with E-state index in [-0.39, 0.29) is 54.2 Å². The third-order valence-electron chi connectivity index (χ3n) is 9.60. The SMILES string of the molecule is COC(=O)C(C)(C)COc1nc(Cl)c(F)c2nc(OC[C@@]34CCCN3C[C@H](F)C4)nc(N3CC4CCC(C3)N4C(=O)OC(C)(C)C)c12. The minimum Gasteiger partial charge on any atom is -0.476 e. The molecule has 4 aliphatic heterocycles. The van der Waals surface area contributed by atoms with Crippen molar-refractivity contribution in [1.82, 2.24) is 24.8 Å². The molecule has 0 spiro atoms. The first-order valence-corrected chi connectivity index (χ1v) is 16.5. The van der Waals surface area contributed by atoms with Gasteiger partial charge in [0.15, 0.2) is 11.0 Å². The van der Waals surface area contributed by atoms with Crippen molar-refractivity contribution < 1.29 is 37.3 Å². The van der Waals surface area contributed by atoms with E-state index in [9.17, 15) is 14.0 Å². The predicted octanol–water partition coefficient (Wildman–Crippen LogP) is 4.94. The summed E-state index contributed by atoms with van der Waals surface area (Å²) in [4.78, 5) is 44.9. The summed E-state index contributed by atoms with van der Waals surface area (Å²) in [6, 6.07) is -0.451. The third kappa shape index (κ3) is 6.47. The molecule has 0 aliphatic carbocycles. The molecule has 4 aliphatic rings. The summed E-state index contributed by atoms with van der Waals surface area (Å²) in [7, 11) is 1.29. The van der Waals surface area contributed by atoms with E-state index >= 15 is 4.39 Å². The summed E-state index contributed by atoms with van der Waals surface area (Å²) in [5, 5.41) is -0.305. The Balaban J connectivity index is 1.38. The molecule has 47 heavy (non-hydrogen) atoms. The molecule has 2 unspecified atom stereocenters. The van der Waals surface area contributed by atoms with Crippen LogP contribution < -0.4 is 14.4 Å². The van der Waals surface area contributed by atoms with Crippen LogP contribution in [0.15, 0.2) is 0 Å². The number of rotatable bonds is 8. The van der Waals surface area contributed by atoms with Crippen molar-refractivity contribution in [2.75, 3.05) is 51.4 Å². The molecule has 6 heterocycles. The number of nitrogens with zero attached hydrogens (tertiary/aromatic N) is 6. The number of aromatic nitrogens is 3. The van der Waals surface area contributed by atoms with Crippen molar-refractivity contribution in [3.63, 3.8) is 0 Å². The van der Waals surface area contributed by atoms with Crippen LogP contribution in [-0.2, 0) is 14.3 Å². The lowest BCUT2D eigenvalue weighted by molar-refractivity contribution is -0.152. The standard InChI is InChI=1S/C32H43ClF2N6O6/c1-30(2,3)47-29(43)41-19-8-9-20(41)15-39(14-19)25-21-23(22(35)24(33)37-26(21)45-16-31(4,5)27(42)44-6)36-28(38-25)46-17-32-10-7-11-40(32)13-18(34)12-32/h18-20H,7-17H2,1-6H3/t18-,19?,20?,32+/m1/s1. The number of carbonyl (C=O) groups excluding carboxylic acids is 2. The second-order valence-corrected chi connectivity index (χ2v) is 15.1. The molecule has 4 saturated heterocycles. The van der Waals surface area contributed by atoms with Crippen LogP contribution in [0, 0.1) is 11.2 Å². The number of fused-ring (bicyclic) bond motifs is 4. The topological polar surface area (TPSA) is 119 Å². The van der Waals surface area contributed by atoms with Gasteiger partial charge in [-0.2, -0.15) is 15.0 Å². The van der Waals surface area contributed by atoms with Gasteiger partial charge in [0.05, 0.1) is 30.1 Å². The van der Waals surface area contributed by atoms with Crippen LogP contribution in [-0.4, -0.2) is 113 Å². The van der Waals surface area contributed by atoms with E-state index in [0.717, 1.165) is 32.2 Å². The van der Waals surface area contributed by atoms with Gasteiger partial charge in [-0.15, -0.1) is 0 Å². The monoisotopic (exact) mass is 680 g/mol. The molecule has 0 radical (unpaired) electrons. The third-order valence-corrected chi connectivity index (χ3v) is 9.85. The molecule has 0 saturated carbocycles. The molecule has 0 N–H and O–H groups in total. The number of methoxy groups -OCH3 is 1. The minimum atomic E-state index is -1.06. The quantitative estimate of drug-likeness (QED) is 0.279. The van der Waals surface area contributed by atoms with E-state index < -0.39 is 39.7 Å². The Kier molecular flexibility index (Phi) is 8.82. The number of esters is 1. The average Bonchev–Trinajstić information content (AvgIpc) is 3.62. The van der Waals surface area contributed by atoms with Crippen LogP contribution in [0.3, 0.4) is 0 Å². The Labute approximate surface area is 278 Å². The van der Waals surface area contributed by atoms with E-state index in [4.69, 9.17) is 35.5 Å². The first-order chi connectivity index (χ1) is 22.1. The Morgan fingerprint density at radius 2 is 1.74 bits per heavy atom. The van der Waals surface area contributed by atoms with Gasteiger partial charge >= 0.3 is 18.1 Å². The number of hydrogen-bond acceptors (Lipinski definition) is 11. The van der Waals surface area contributed by atoms with Crippen molar-refractivity contribution in [3.8, 4) is 11.9 Å². The molecule has 4 fully saturated rings. The van der Waals surface area contributed by atoms with E-state index in [1.165, 1.54) is 7.11 Å². The van der Waals surface area contributed by atoms with Crippen molar-refractivity contribution in [2.45, 2.75) is 96.1 Å². The Bertz CT molecular complexity index is 1540. The van der Waals surface area contributed by atoms with Gasteiger partial charge in [-0.25, -0.2) is 13.6 Å². The molecule has 12 nitrogen and oxygen atoms in total. The highest BCUT2D eigenvalue weighted by Gasteiger charge is 2.50. The summed E-state index contributed by atoms with van der Waals surface area (Å²) in [5.41, 5.74) is -2.34. The van der Waals surface area contributed by atoms with Crippen LogP contribution in [0.1, 0.15) is 66.7 Å². The lowest BCUT2D eigenvalue weighted by atomic mass is 9.95. The fraction of sp³-hybridized carbons (Fsp3) is 0.719. The molecule has 2 aromatic heterocycles. The van der Waals surface area contributed by atoms with Gasteiger partial charge in [0.25, 0.3) is 0 Å². The number of amides is 1. The summed E-state index contributed by atoms with van der Waals surface area (Å²) >= 11 is 6.28. The molecular formula is C32H43ClF2N6O6. The van der Waals surface area contributed by atoms with Crippen LogP contribution in [0.25, 0.3) is 10.9 Å². The van der Waals surface area contributed by atoms with Gasteiger partial charge in [0.1, 0.15) is 41.7 Å². The first-order valence-electron chi connectivity index (χ1n) is 16.2. The molecule has 1 amide bonds. The van der Waals surface area contributed by atoms with Gasteiger partial charge in [-0.1, -0.05) is 11.6 Å². The summed E-state index contributed by atoms with van der Waals surface area (Å²) in [6.45, 7) is 10.7. The minimum absolute atomic E-state index is 0.0523. The summed E-state index contributed by atoms with van der Waals surface area (Å²) in [5.74, 6) is -1.13. The fourth-order valence-electron chi connectivity index (χ4n) is 7.39. The van der Waals surface area contributed by atoms with Crippen molar-refractivity contribution in [1.29, 1.82) is 0 Å². The highest BCUT2D eigenvalue weighted by Crippen LogP contribution is 2.43. The van der Waals surface area contributed by atoms with Gasteiger partial charge in [-0.05, 0) is 66.8 Å². The largest absolute Gasteiger partial charge is 0.476 e. The normalized spacial score (nSPS) is 26.1. The van der Waals surface area contributed by atoms with Gasteiger partial charge in [0.2, 0.25) is 5.88 Å². The lowest BCUT2D eigenvalue weighted by Gasteiger charge is -2.42. The number of carbonyl (C=O) groups is 2. The van der Waals surface area contributed by atoms with Crippen LogP contribution in [0.4, 0.5) is 19.4 Å². The molecule has 2 bridgehead atoms. The maximum Gasteiger partial charge on any atom is 0.410 e. The number of hydrogen-bond donors (Lipinski definition) is 0. The van der Waals surface area contributed by atoms with Crippen LogP contribution in [0.5, 0.6) is 11.9 Å². The predicted molar refractivity (Wildman–Crippen MR) is 169 cm³/mol. The molecule has 15 heteroatoms. The second kappa shape index (κ2) is 12.3. The van der Waals surface area contributed by atoms with E-state index in [2.05, 4.69) is 14.9 Å². The Morgan fingerprint density at radius 3 is 2.40 bits per heavy atom. The molecule has 6 rings (SSSR count). The average molecular weight is 681 g/mol. The molecular weight excluding hydrogens is 638 g/mol. The van der Waals surface area contributed by atoms with Gasteiger partial charge < -0.3 is 23.8 Å². The number of pyridine rings is 1. The fourth-order valence-corrected chi connectivity index (χ4v) is 7.56. The molecule has 258 valence electrons. The molecule has 0 aromatic carbocycles. The zero-order valence-corrected chi connectivity index (χ0v) is 28.5. The zero-order valence-electron chi connectivity index (χ0n) is 27.8. The lowest BCUT2D eigenvalue weighted by Crippen LogP contribution is -2.57. The van der Waals surface area contributed by atoms with Crippen LogP contribution >= 0.6 is 11.6 Å². The summed E-state index contributed by atoms with van der Waals surface area (Å²) < 4.78 is 53.2. The van der Waals surface area contributed by atoms with E-state index in [1.54, 1.807) is 18.7 Å². The summed E-state index contributed by atoms with van der Waals surface area (Å²) in [6.07, 6.45) is 2.25. The molecule has 2 aromatic rings. The maximum atomic E-state index is 15.8. The van der Waals surface area contributed by atoms with Crippen molar-refractivity contribution >= 4 is 40.4 Å². The second-order valence-electron chi connectivity index (χ2n) is 14.8. The smallest absolute Gasteiger partial charge is 0.410 e. The van der Waals surface area contributed by atoms with Gasteiger partial charge in [-0.3, -0.25) is 14.6 Å². The van der Waals surface area contributed by atoms with Crippen molar-refractivity contribution in [2.24, 2.45) is 5.41 Å². The Hall–Kier alpha value is -3.26. The number of piperazine rings is 1. The number of halogens is 3. The molecule has 4 atom stereocenters.